The second-order valence-corrected chi connectivity index (χ2v) is 5.84. The van der Waals surface area contributed by atoms with Crippen LogP contribution < -0.4 is 0 Å². The lowest BCUT2D eigenvalue weighted by molar-refractivity contribution is -0.124. The van der Waals surface area contributed by atoms with Crippen molar-refractivity contribution in [2.45, 2.75) is 38.5 Å². The fourth-order valence-electron chi connectivity index (χ4n) is 3.72. The summed E-state index contributed by atoms with van der Waals surface area (Å²) >= 11 is 0. The summed E-state index contributed by atoms with van der Waals surface area (Å²) in [5.74, 6) is -0.00711. The van der Waals surface area contributed by atoms with E-state index in [1.54, 1.807) is 0 Å². The molecule has 4 nitrogen and oxygen atoms in total. The molecule has 0 aromatic rings. The van der Waals surface area contributed by atoms with E-state index in [9.17, 15) is 15.0 Å². The molecule has 0 aromatic carbocycles. The second kappa shape index (κ2) is 3.79. The summed E-state index contributed by atoms with van der Waals surface area (Å²) in [7, 11) is 1.97. The average molecular weight is 226 g/mol. The summed E-state index contributed by atoms with van der Waals surface area (Å²) in [4.78, 5) is 13.0. The number of likely N-dealkylation sites (tertiary alicyclic amines) is 1. The molecule has 0 aromatic heterocycles. The number of nitrogens with zero attached hydrogens (tertiary/aromatic N) is 1. The van der Waals surface area contributed by atoms with Crippen LogP contribution in [0.4, 0.5) is 0 Å². The predicted octanol–water partition coefficient (Wildman–Crippen LogP) is -0.206. The SMILES string of the molecule is CN1CC([C]=O)C2CC(O)C(O)C(C)(C)C21. The fraction of sp³-hybridized carbons (Fsp3) is 0.917. The summed E-state index contributed by atoms with van der Waals surface area (Å²) in [6, 6.07) is 0.150. The van der Waals surface area contributed by atoms with E-state index in [0.29, 0.717) is 13.0 Å². The molecular weight excluding hydrogens is 206 g/mol. The molecule has 1 radical (unpaired) electrons. The van der Waals surface area contributed by atoms with Gasteiger partial charge in [0.25, 0.3) is 0 Å². The van der Waals surface area contributed by atoms with Crippen molar-refractivity contribution in [3.63, 3.8) is 0 Å². The Morgan fingerprint density at radius 3 is 2.56 bits per heavy atom. The van der Waals surface area contributed by atoms with Gasteiger partial charge in [-0.1, -0.05) is 13.8 Å². The zero-order valence-corrected chi connectivity index (χ0v) is 10.1. The van der Waals surface area contributed by atoms with E-state index in [1.165, 1.54) is 0 Å². The van der Waals surface area contributed by atoms with Crippen molar-refractivity contribution in [2.75, 3.05) is 13.6 Å². The van der Waals surface area contributed by atoms with Crippen LogP contribution in [-0.4, -0.2) is 53.2 Å². The molecule has 4 heteroatoms. The minimum absolute atomic E-state index is 0.121. The molecule has 16 heavy (non-hydrogen) atoms. The van der Waals surface area contributed by atoms with Gasteiger partial charge in [0.1, 0.15) is 0 Å². The number of fused-ring (bicyclic) bond motifs is 1. The van der Waals surface area contributed by atoms with Crippen molar-refractivity contribution in [2.24, 2.45) is 17.3 Å². The molecule has 91 valence electrons. The number of rotatable bonds is 1. The van der Waals surface area contributed by atoms with Gasteiger partial charge in [0, 0.05) is 23.9 Å². The first-order valence-corrected chi connectivity index (χ1v) is 5.83. The molecule has 1 heterocycles. The zero-order valence-electron chi connectivity index (χ0n) is 10.1. The van der Waals surface area contributed by atoms with Crippen molar-refractivity contribution >= 4 is 6.29 Å². The van der Waals surface area contributed by atoms with Crippen LogP contribution in [0.2, 0.25) is 0 Å². The van der Waals surface area contributed by atoms with Crippen molar-refractivity contribution in [3.8, 4) is 0 Å². The van der Waals surface area contributed by atoms with Gasteiger partial charge in [-0.2, -0.15) is 0 Å². The Bertz CT molecular complexity index is 292. The Hall–Kier alpha value is -0.450. The standard InChI is InChI=1S/C12H20NO3/c1-12(2)10-8(4-9(15)11(12)16)7(6-14)5-13(10)3/h7-11,15-16H,4-5H2,1-3H3. The molecule has 0 bridgehead atoms. The van der Waals surface area contributed by atoms with Crippen molar-refractivity contribution in [1.82, 2.24) is 4.90 Å². The minimum Gasteiger partial charge on any atom is -0.390 e. The predicted molar refractivity (Wildman–Crippen MR) is 59.5 cm³/mol. The summed E-state index contributed by atoms with van der Waals surface area (Å²) in [5.41, 5.74) is -0.386. The molecule has 0 spiro atoms. The molecule has 2 aliphatic rings. The Morgan fingerprint density at radius 1 is 1.38 bits per heavy atom. The van der Waals surface area contributed by atoms with Crippen LogP contribution in [0.5, 0.6) is 0 Å². The molecule has 1 aliphatic heterocycles. The first-order valence-electron chi connectivity index (χ1n) is 5.83. The molecule has 2 rings (SSSR count). The van der Waals surface area contributed by atoms with E-state index in [1.807, 2.05) is 20.9 Å². The third-order valence-corrected chi connectivity index (χ3v) is 4.44. The second-order valence-electron chi connectivity index (χ2n) is 5.84. The molecule has 2 fully saturated rings. The summed E-state index contributed by atoms with van der Waals surface area (Å²) in [6.45, 7) is 4.60. The molecule has 5 atom stereocenters. The lowest BCUT2D eigenvalue weighted by Crippen LogP contribution is -2.58. The molecule has 1 saturated heterocycles. The maximum Gasteiger partial charge on any atom is 0.203 e. The first kappa shape index (κ1) is 12.0. The van der Waals surface area contributed by atoms with Gasteiger partial charge in [-0.05, 0) is 19.4 Å². The van der Waals surface area contributed by atoms with Gasteiger partial charge in [-0.15, -0.1) is 0 Å². The number of hydrogen-bond acceptors (Lipinski definition) is 4. The van der Waals surface area contributed by atoms with E-state index in [4.69, 9.17) is 0 Å². The number of aliphatic hydroxyl groups is 2. The van der Waals surface area contributed by atoms with Gasteiger partial charge in [0.2, 0.25) is 6.29 Å². The maximum absolute atomic E-state index is 10.9. The lowest BCUT2D eigenvalue weighted by atomic mass is 9.64. The summed E-state index contributed by atoms with van der Waals surface area (Å²) < 4.78 is 0. The largest absolute Gasteiger partial charge is 0.390 e. The quantitative estimate of drug-likeness (QED) is 0.650. The fourth-order valence-corrected chi connectivity index (χ4v) is 3.72. The van der Waals surface area contributed by atoms with E-state index in [-0.39, 0.29) is 23.3 Å². The maximum atomic E-state index is 10.9. The molecule has 5 unspecified atom stereocenters. The molecule has 2 N–H and O–H groups in total. The third kappa shape index (κ3) is 1.51. The van der Waals surface area contributed by atoms with E-state index >= 15 is 0 Å². The van der Waals surface area contributed by atoms with Crippen LogP contribution in [0.3, 0.4) is 0 Å². The van der Waals surface area contributed by atoms with Gasteiger partial charge < -0.3 is 15.1 Å². The van der Waals surface area contributed by atoms with Gasteiger partial charge in [-0.25, -0.2) is 0 Å². The topological polar surface area (TPSA) is 60.8 Å². The lowest BCUT2D eigenvalue weighted by Gasteiger charge is -2.49. The number of hydrogen-bond donors (Lipinski definition) is 2. The van der Waals surface area contributed by atoms with Crippen molar-refractivity contribution in [3.05, 3.63) is 0 Å². The normalized spacial score (nSPS) is 47.7. The Morgan fingerprint density at radius 2 is 2.00 bits per heavy atom. The van der Waals surface area contributed by atoms with Gasteiger partial charge >= 0.3 is 0 Å². The molecule has 1 saturated carbocycles. The molecule has 0 amide bonds. The van der Waals surface area contributed by atoms with Gasteiger partial charge in [0.15, 0.2) is 0 Å². The molecular formula is C12H20NO3. The van der Waals surface area contributed by atoms with Crippen LogP contribution in [0.15, 0.2) is 0 Å². The van der Waals surface area contributed by atoms with E-state index in [2.05, 4.69) is 11.2 Å². The Balaban J connectivity index is 2.32. The first-order chi connectivity index (χ1) is 7.39. The Kier molecular flexibility index (Phi) is 2.85. The van der Waals surface area contributed by atoms with Crippen LogP contribution in [-0.2, 0) is 4.79 Å². The number of carbonyl (C=O) groups excluding carboxylic acids is 1. The van der Waals surface area contributed by atoms with Crippen LogP contribution in [0.25, 0.3) is 0 Å². The van der Waals surface area contributed by atoms with Crippen molar-refractivity contribution < 1.29 is 15.0 Å². The van der Waals surface area contributed by atoms with E-state index in [0.717, 1.165) is 0 Å². The highest BCUT2D eigenvalue weighted by molar-refractivity contribution is 5.56. The van der Waals surface area contributed by atoms with Crippen LogP contribution in [0.1, 0.15) is 20.3 Å². The zero-order chi connectivity index (χ0) is 12.1. The van der Waals surface area contributed by atoms with E-state index < -0.39 is 12.2 Å². The molecule has 1 aliphatic carbocycles. The summed E-state index contributed by atoms with van der Waals surface area (Å²) in [5, 5.41) is 19.9. The smallest absolute Gasteiger partial charge is 0.203 e. The average Bonchev–Trinajstić information content (AvgIpc) is 2.52. The Labute approximate surface area is 96.3 Å². The van der Waals surface area contributed by atoms with Gasteiger partial charge in [-0.3, -0.25) is 4.79 Å². The summed E-state index contributed by atoms with van der Waals surface area (Å²) in [6.07, 6.45) is 1.14. The highest BCUT2D eigenvalue weighted by atomic mass is 16.3. The number of aliphatic hydroxyl groups excluding tert-OH is 2. The minimum atomic E-state index is -0.724. The van der Waals surface area contributed by atoms with Crippen LogP contribution >= 0.6 is 0 Å². The highest BCUT2D eigenvalue weighted by Crippen LogP contribution is 2.47. The highest BCUT2D eigenvalue weighted by Gasteiger charge is 2.56. The monoisotopic (exact) mass is 226 g/mol. The third-order valence-electron chi connectivity index (χ3n) is 4.44. The van der Waals surface area contributed by atoms with Crippen LogP contribution in [0, 0.1) is 17.3 Å². The van der Waals surface area contributed by atoms with Gasteiger partial charge in [0.05, 0.1) is 12.2 Å². The van der Waals surface area contributed by atoms with Crippen molar-refractivity contribution in [1.29, 1.82) is 0 Å².